The quantitative estimate of drug-likeness (QED) is 0.477. The third-order valence-electron chi connectivity index (χ3n) is 1.72. The smallest absolute Gasteiger partial charge is 0.0431 e. The Hall–Kier alpha value is -0.560. The van der Waals surface area contributed by atoms with Crippen LogP contribution in [-0.4, -0.2) is 11.7 Å². The normalized spacial score (nSPS) is 12.8. The lowest BCUT2D eigenvalue weighted by molar-refractivity contribution is 0.285. The first-order valence-electron chi connectivity index (χ1n) is 4.77. The molecule has 1 nitrogen and oxygen atoms in total. The van der Waals surface area contributed by atoms with Gasteiger partial charge >= 0.3 is 0 Å². The van der Waals surface area contributed by atoms with Crippen LogP contribution in [0.15, 0.2) is 23.8 Å². The van der Waals surface area contributed by atoms with Crippen LogP contribution in [0.1, 0.15) is 39.5 Å². The molecule has 0 aromatic heterocycles. The van der Waals surface area contributed by atoms with Crippen molar-refractivity contribution in [1.29, 1.82) is 0 Å². The molecule has 0 bridgehead atoms. The molecular formula is C11H20O. The summed E-state index contributed by atoms with van der Waals surface area (Å²) in [6.45, 7) is 4.50. The average Bonchev–Trinajstić information content (AvgIpc) is 2.06. The number of hydrogen-bond acceptors (Lipinski definition) is 1. The van der Waals surface area contributed by atoms with Crippen LogP contribution in [0.5, 0.6) is 0 Å². The van der Waals surface area contributed by atoms with E-state index in [1.807, 2.05) is 6.92 Å². The molecule has 0 amide bonds. The molecular weight excluding hydrogens is 148 g/mol. The topological polar surface area (TPSA) is 20.2 Å². The number of hydrogen-bond donors (Lipinski definition) is 1. The zero-order chi connectivity index (χ0) is 9.23. The van der Waals surface area contributed by atoms with Crippen molar-refractivity contribution in [2.45, 2.75) is 39.5 Å². The van der Waals surface area contributed by atoms with E-state index in [0.717, 1.165) is 25.7 Å². The van der Waals surface area contributed by atoms with E-state index in [2.05, 4.69) is 25.2 Å². The first-order chi connectivity index (χ1) is 5.85. The summed E-state index contributed by atoms with van der Waals surface area (Å²) >= 11 is 0. The first-order valence-corrected chi connectivity index (χ1v) is 4.77. The summed E-state index contributed by atoms with van der Waals surface area (Å²) in [5, 5.41) is 8.60. The Morgan fingerprint density at radius 2 is 2.08 bits per heavy atom. The average molecular weight is 168 g/mol. The van der Waals surface area contributed by atoms with Crippen LogP contribution in [-0.2, 0) is 0 Å². The van der Waals surface area contributed by atoms with Gasteiger partial charge in [-0.25, -0.2) is 0 Å². The van der Waals surface area contributed by atoms with E-state index in [0.29, 0.717) is 6.61 Å². The van der Waals surface area contributed by atoms with E-state index in [1.165, 1.54) is 5.57 Å². The molecule has 0 saturated heterocycles. The molecule has 0 rings (SSSR count). The fraction of sp³-hybridized carbons (Fsp3) is 0.636. The lowest BCUT2D eigenvalue weighted by Crippen LogP contribution is -1.85. The number of allylic oxidation sites excluding steroid dienone is 4. The summed E-state index contributed by atoms with van der Waals surface area (Å²) in [6, 6.07) is 0. The zero-order valence-electron chi connectivity index (χ0n) is 8.21. The molecule has 0 heterocycles. The van der Waals surface area contributed by atoms with Crippen LogP contribution in [0.3, 0.4) is 0 Å². The van der Waals surface area contributed by atoms with Gasteiger partial charge in [0.05, 0.1) is 0 Å². The summed E-state index contributed by atoms with van der Waals surface area (Å²) in [6.07, 6.45) is 10.7. The van der Waals surface area contributed by atoms with Gasteiger partial charge < -0.3 is 5.11 Å². The molecule has 0 unspecified atom stereocenters. The SMILES string of the molecule is C/C=C\C(=C/CC)CCCCO. The zero-order valence-corrected chi connectivity index (χ0v) is 8.21. The molecule has 0 atom stereocenters. The fourth-order valence-electron chi connectivity index (χ4n) is 1.17. The second-order valence-corrected chi connectivity index (χ2v) is 2.87. The second-order valence-electron chi connectivity index (χ2n) is 2.87. The highest BCUT2D eigenvalue weighted by Crippen LogP contribution is 2.09. The van der Waals surface area contributed by atoms with Gasteiger partial charge in [0, 0.05) is 6.61 Å². The van der Waals surface area contributed by atoms with Crippen LogP contribution in [0, 0.1) is 0 Å². The standard InChI is InChI=1S/C11H20O/c1-3-7-11(8-4-2)9-5-6-10-12/h3,7-8,12H,4-6,9-10H2,1-2H3/b7-3-,11-8+. The third-order valence-corrected chi connectivity index (χ3v) is 1.72. The Balaban J connectivity index is 3.72. The van der Waals surface area contributed by atoms with Gasteiger partial charge in [-0.15, -0.1) is 0 Å². The highest BCUT2D eigenvalue weighted by atomic mass is 16.2. The molecule has 0 radical (unpaired) electrons. The van der Waals surface area contributed by atoms with Crippen molar-refractivity contribution in [2.24, 2.45) is 0 Å². The van der Waals surface area contributed by atoms with Gasteiger partial charge in [0.25, 0.3) is 0 Å². The van der Waals surface area contributed by atoms with Gasteiger partial charge in [-0.05, 0) is 32.6 Å². The molecule has 0 aliphatic carbocycles. The Bertz CT molecular complexity index is 145. The maximum atomic E-state index is 8.60. The van der Waals surface area contributed by atoms with E-state index < -0.39 is 0 Å². The Kier molecular flexibility index (Phi) is 8.14. The molecule has 0 saturated carbocycles. The second kappa shape index (κ2) is 8.54. The first kappa shape index (κ1) is 11.4. The maximum Gasteiger partial charge on any atom is 0.0431 e. The van der Waals surface area contributed by atoms with E-state index in [4.69, 9.17) is 5.11 Å². The molecule has 12 heavy (non-hydrogen) atoms. The van der Waals surface area contributed by atoms with Crippen LogP contribution in [0.25, 0.3) is 0 Å². The maximum absolute atomic E-state index is 8.60. The summed E-state index contributed by atoms with van der Waals surface area (Å²) in [4.78, 5) is 0. The minimum absolute atomic E-state index is 0.315. The van der Waals surface area contributed by atoms with Crippen molar-refractivity contribution in [2.75, 3.05) is 6.61 Å². The molecule has 0 spiro atoms. The van der Waals surface area contributed by atoms with Gasteiger partial charge in [-0.3, -0.25) is 0 Å². The Morgan fingerprint density at radius 1 is 1.33 bits per heavy atom. The van der Waals surface area contributed by atoms with Crippen LogP contribution < -0.4 is 0 Å². The third kappa shape index (κ3) is 6.17. The lowest BCUT2D eigenvalue weighted by Gasteiger charge is -2.00. The minimum atomic E-state index is 0.315. The Morgan fingerprint density at radius 3 is 2.58 bits per heavy atom. The number of rotatable bonds is 6. The predicted octanol–water partition coefficient (Wildman–Crippen LogP) is 3.06. The summed E-state index contributed by atoms with van der Waals surface area (Å²) in [5.41, 5.74) is 1.40. The van der Waals surface area contributed by atoms with Gasteiger partial charge in [-0.1, -0.05) is 30.7 Å². The summed E-state index contributed by atoms with van der Waals surface area (Å²) < 4.78 is 0. The molecule has 1 N–H and O–H groups in total. The number of unbranched alkanes of at least 4 members (excludes halogenated alkanes) is 1. The lowest BCUT2D eigenvalue weighted by atomic mass is 10.1. The van der Waals surface area contributed by atoms with Gasteiger partial charge in [0.1, 0.15) is 0 Å². The van der Waals surface area contributed by atoms with Crippen molar-refractivity contribution >= 4 is 0 Å². The highest BCUT2D eigenvalue weighted by Gasteiger charge is 1.91. The highest BCUT2D eigenvalue weighted by molar-refractivity contribution is 5.17. The van der Waals surface area contributed by atoms with Crippen molar-refractivity contribution in [3.05, 3.63) is 23.8 Å². The van der Waals surface area contributed by atoms with Gasteiger partial charge in [0.15, 0.2) is 0 Å². The molecule has 70 valence electrons. The van der Waals surface area contributed by atoms with Crippen LogP contribution in [0.2, 0.25) is 0 Å². The largest absolute Gasteiger partial charge is 0.396 e. The number of aliphatic hydroxyl groups is 1. The van der Waals surface area contributed by atoms with Crippen molar-refractivity contribution in [3.8, 4) is 0 Å². The van der Waals surface area contributed by atoms with Crippen LogP contribution in [0.4, 0.5) is 0 Å². The van der Waals surface area contributed by atoms with Crippen molar-refractivity contribution in [3.63, 3.8) is 0 Å². The van der Waals surface area contributed by atoms with Gasteiger partial charge in [0.2, 0.25) is 0 Å². The van der Waals surface area contributed by atoms with E-state index in [9.17, 15) is 0 Å². The predicted molar refractivity (Wildman–Crippen MR) is 54.1 cm³/mol. The van der Waals surface area contributed by atoms with E-state index in [1.54, 1.807) is 0 Å². The van der Waals surface area contributed by atoms with Gasteiger partial charge in [-0.2, -0.15) is 0 Å². The summed E-state index contributed by atoms with van der Waals surface area (Å²) in [5.74, 6) is 0. The molecule has 0 fully saturated rings. The molecule has 0 aliphatic rings. The number of aliphatic hydroxyl groups excluding tert-OH is 1. The fourth-order valence-corrected chi connectivity index (χ4v) is 1.17. The molecule has 0 aromatic rings. The Labute approximate surface area is 75.8 Å². The monoisotopic (exact) mass is 168 g/mol. The van der Waals surface area contributed by atoms with E-state index >= 15 is 0 Å². The van der Waals surface area contributed by atoms with Crippen molar-refractivity contribution < 1.29 is 5.11 Å². The molecule has 0 aliphatic heterocycles. The van der Waals surface area contributed by atoms with Crippen molar-refractivity contribution in [1.82, 2.24) is 0 Å². The van der Waals surface area contributed by atoms with E-state index in [-0.39, 0.29) is 0 Å². The minimum Gasteiger partial charge on any atom is -0.396 e. The molecule has 0 aromatic carbocycles. The van der Waals surface area contributed by atoms with Crippen LogP contribution >= 0.6 is 0 Å². The summed E-state index contributed by atoms with van der Waals surface area (Å²) in [7, 11) is 0. The molecule has 1 heteroatoms.